The minimum atomic E-state index is -0.858. The first-order valence-corrected chi connectivity index (χ1v) is 14.1. The first-order chi connectivity index (χ1) is 20.3. The molecule has 1 aliphatic heterocycles. The molecule has 0 unspecified atom stereocenters. The second-order valence-electron chi connectivity index (χ2n) is 8.94. The number of para-hydroxylation sites is 1. The Morgan fingerprint density at radius 2 is 1.83 bits per heavy atom. The fourth-order valence-electron chi connectivity index (χ4n) is 4.41. The van der Waals surface area contributed by atoms with Crippen molar-refractivity contribution in [2.75, 3.05) is 33.5 Å². The van der Waals surface area contributed by atoms with Gasteiger partial charge in [0.2, 0.25) is 0 Å². The van der Waals surface area contributed by atoms with Gasteiger partial charge in [-0.1, -0.05) is 48.3 Å². The number of nitrogens with zero attached hydrogens (tertiary/aromatic N) is 2. The van der Waals surface area contributed by atoms with E-state index in [2.05, 4.69) is 16.3 Å². The van der Waals surface area contributed by atoms with Crippen molar-refractivity contribution in [1.29, 1.82) is 0 Å². The number of rotatable bonds is 12. The summed E-state index contributed by atoms with van der Waals surface area (Å²) >= 11 is 1.21. The lowest BCUT2D eigenvalue weighted by Crippen LogP contribution is -2.40. The molecule has 0 saturated heterocycles. The number of hydrogen-bond acceptors (Lipinski definition) is 10. The van der Waals surface area contributed by atoms with E-state index in [4.69, 9.17) is 18.9 Å². The van der Waals surface area contributed by atoms with E-state index in [1.54, 1.807) is 44.2 Å². The van der Waals surface area contributed by atoms with E-state index >= 15 is 0 Å². The fourth-order valence-corrected chi connectivity index (χ4v) is 5.44. The minimum Gasteiger partial charge on any atom is -0.490 e. The molecule has 0 fully saturated rings. The average molecular weight is 593 g/mol. The Bertz CT molecular complexity index is 1700. The third-order valence-corrected chi connectivity index (χ3v) is 7.22. The molecule has 3 aromatic rings. The van der Waals surface area contributed by atoms with Gasteiger partial charge in [-0.25, -0.2) is 14.6 Å². The van der Waals surface area contributed by atoms with Crippen molar-refractivity contribution < 1.29 is 33.3 Å². The summed E-state index contributed by atoms with van der Waals surface area (Å²) < 4.78 is 29.1. The quantitative estimate of drug-likeness (QED) is 0.233. The van der Waals surface area contributed by atoms with Crippen LogP contribution in [0.4, 0.5) is 0 Å². The van der Waals surface area contributed by atoms with Crippen LogP contribution < -0.4 is 29.1 Å². The highest BCUT2D eigenvalue weighted by Gasteiger charge is 2.34. The van der Waals surface area contributed by atoms with Crippen molar-refractivity contribution in [3.63, 3.8) is 0 Å². The Balaban J connectivity index is 1.90. The standard InChI is InChI=1S/C31H32N2O8S/c1-6-15-40-22-12-10-9-11-20(22)17-25-29(35)33-28(27(30(36)39-8-3)19(4)32-31(33)42-25)21-13-14-23(24(16-21)38-7-2)41-18-26(34)37-5/h6,9-14,16-17,28H,1,7-8,15,18H2,2-5H3/b25-17-/t28-/m1/s1. The first-order valence-electron chi connectivity index (χ1n) is 13.3. The minimum absolute atomic E-state index is 0.152. The predicted octanol–water partition coefficient (Wildman–Crippen LogP) is 3.31. The average Bonchev–Trinajstić information content (AvgIpc) is 3.29. The summed E-state index contributed by atoms with van der Waals surface area (Å²) in [6.45, 7) is 9.40. The molecule has 0 aliphatic carbocycles. The van der Waals surface area contributed by atoms with Gasteiger partial charge in [0.15, 0.2) is 22.9 Å². The molecule has 0 bridgehead atoms. The topological polar surface area (TPSA) is 115 Å². The van der Waals surface area contributed by atoms with Crippen LogP contribution in [-0.2, 0) is 19.1 Å². The third kappa shape index (κ3) is 6.46. The lowest BCUT2D eigenvalue weighted by Gasteiger charge is -2.25. The van der Waals surface area contributed by atoms with E-state index in [1.165, 1.54) is 23.0 Å². The van der Waals surface area contributed by atoms with Crippen LogP contribution in [0.2, 0.25) is 0 Å². The Hall–Kier alpha value is -4.64. The molecule has 1 aromatic heterocycles. The smallest absolute Gasteiger partial charge is 0.343 e. The number of esters is 2. The van der Waals surface area contributed by atoms with Gasteiger partial charge in [0, 0.05) is 5.56 Å². The molecule has 2 aromatic carbocycles. The van der Waals surface area contributed by atoms with Gasteiger partial charge < -0.3 is 23.7 Å². The van der Waals surface area contributed by atoms with Crippen LogP contribution in [0.3, 0.4) is 0 Å². The van der Waals surface area contributed by atoms with Gasteiger partial charge in [-0.15, -0.1) is 0 Å². The summed E-state index contributed by atoms with van der Waals surface area (Å²) in [5, 5.41) is 0. The van der Waals surface area contributed by atoms with Gasteiger partial charge in [0.1, 0.15) is 12.4 Å². The summed E-state index contributed by atoms with van der Waals surface area (Å²) in [4.78, 5) is 44.0. The Morgan fingerprint density at radius 1 is 1.05 bits per heavy atom. The van der Waals surface area contributed by atoms with Crippen molar-refractivity contribution in [3.05, 3.63) is 97.2 Å². The number of methoxy groups -OCH3 is 1. The molecule has 0 amide bonds. The van der Waals surface area contributed by atoms with Gasteiger partial charge >= 0.3 is 11.9 Å². The Kier molecular flexibility index (Phi) is 9.98. The molecule has 1 aliphatic rings. The first kappa shape index (κ1) is 30.3. The lowest BCUT2D eigenvalue weighted by atomic mass is 9.95. The summed E-state index contributed by atoms with van der Waals surface area (Å²) in [5.41, 5.74) is 1.62. The summed E-state index contributed by atoms with van der Waals surface area (Å²) in [5.74, 6) is 0.130. The normalized spacial score (nSPS) is 14.5. The number of carbonyl (C=O) groups is 2. The highest BCUT2D eigenvalue weighted by atomic mass is 32.1. The number of fused-ring (bicyclic) bond motifs is 1. The molecule has 0 spiro atoms. The van der Waals surface area contributed by atoms with Crippen LogP contribution in [-0.4, -0.2) is 50.0 Å². The number of thiazole rings is 1. The number of hydrogen-bond donors (Lipinski definition) is 0. The molecular weight excluding hydrogens is 560 g/mol. The zero-order valence-corrected chi connectivity index (χ0v) is 24.7. The zero-order chi connectivity index (χ0) is 30.2. The van der Waals surface area contributed by atoms with Gasteiger partial charge in [-0.2, -0.15) is 0 Å². The molecule has 42 heavy (non-hydrogen) atoms. The van der Waals surface area contributed by atoms with E-state index in [9.17, 15) is 14.4 Å². The summed E-state index contributed by atoms with van der Waals surface area (Å²) in [6.07, 6.45) is 3.39. The highest BCUT2D eigenvalue weighted by molar-refractivity contribution is 7.07. The molecular formula is C31H32N2O8S. The summed E-state index contributed by atoms with van der Waals surface area (Å²) in [6, 6.07) is 11.5. The molecule has 10 nitrogen and oxygen atoms in total. The van der Waals surface area contributed by atoms with Crippen molar-refractivity contribution >= 4 is 29.4 Å². The van der Waals surface area contributed by atoms with Gasteiger partial charge in [-0.3, -0.25) is 9.36 Å². The van der Waals surface area contributed by atoms with Gasteiger partial charge in [0.05, 0.1) is 42.2 Å². The SMILES string of the molecule is C=CCOc1ccccc1/C=c1\sc2n(c1=O)[C@H](c1ccc(OCC(=O)OC)c(OCC)c1)C(C(=O)OCC)=C(C)N=2. The lowest BCUT2D eigenvalue weighted by molar-refractivity contribution is -0.143. The van der Waals surface area contributed by atoms with E-state index < -0.39 is 18.0 Å². The number of ether oxygens (including phenoxy) is 5. The maximum absolute atomic E-state index is 14.0. The van der Waals surface area contributed by atoms with Crippen molar-refractivity contribution in [1.82, 2.24) is 4.57 Å². The van der Waals surface area contributed by atoms with Crippen LogP contribution in [0.15, 0.2) is 76.2 Å². The molecule has 2 heterocycles. The second kappa shape index (κ2) is 13.8. The summed E-state index contributed by atoms with van der Waals surface area (Å²) in [7, 11) is 1.27. The maximum atomic E-state index is 14.0. The van der Waals surface area contributed by atoms with Crippen molar-refractivity contribution in [2.24, 2.45) is 4.99 Å². The van der Waals surface area contributed by atoms with Crippen LogP contribution in [0, 0.1) is 0 Å². The monoisotopic (exact) mass is 592 g/mol. The predicted molar refractivity (Wildman–Crippen MR) is 158 cm³/mol. The number of carbonyl (C=O) groups excluding carboxylic acids is 2. The number of aromatic nitrogens is 1. The molecule has 0 radical (unpaired) electrons. The van der Waals surface area contributed by atoms with E-state index in [0.29, 0.717) is 56.6 Å². The Labute approximate surface area is 246 Å². The fraction of sp³-hybridized carbons (Fsp3) is 0.290. The highest BCUT2D eigenvalue weighted by Crippen LogP contribution is 2.36. The second-order valence-corrected chi connectivity index (χ2v) is 9.95. The van der Waals surface area contributed by atoms with Crippen LogP contribution >= 0.6 is 11.3 Å². The van der Waals surface area contributed by atoms with Gasteiger partial charge in [-0.05, 0) is 50.6 Å². The number of benzene rings is 2. The van der Waals surface area contributed by atoms with E-state index in [1.807, 2.05) is 31.2 Å². The molecule has 11 heteroatoms. The molecule has 220 valence electrons. The van der Waals surface area contributed by atoms with E-state index in [0.717, 1.165) is 0 Å². The molecule has 4 rings (SSSR count). The van der Waals surface area contributed by atoms with Crippen molar-refractivity contribution in [2.45, 2.75) is 26.8 Å². The maximum Gasteiger partial charge on any atom is 0.343 e. The van der Waals surface area contributed by atoms with Crippen LogP contribution in [0.1, 0.15) is 37.9 Å². The van der Waals surface area contributed by atoms with E-state index in [-0.39, 0.29) is 24.3 Å². The molecule has 0 saturated carbocycles. The van der Waals surface area contributed by atoms with Crippen LogP contribution in [0.25, 0.3) is 6.08 Å². The van der Waals surface area contributed by atoms with Gasteiger partial charge in [0.25, 0.3) is 5.56 Å². The molecule has 1 atom stereocenters. The largest absolute Gasteiger partial charge is 0.490 e. The zero-order valence-electron chi connectivity index (χ0n) is 23.9. The Morgan fingerprint density at radius 3 is 2.55 bits per heavy atom. The molecule has 0 N–H and O–H groups in total. The third-order valence-electron chi connectivity index (χ3n) is 6.24. The van der Waals surface area contributed by atoms with Crippen molar-refractivity contribution in [3.8, 4) is 17.2 Å². The van der Waals surface area contributed by atoms with Crippen LogP contribution in [0.5, 0.6) is 17.2 Å². The number of allylic oxidation sites excluding steroid dienone is 1.